The first-order chi connectivity index (χ1) is 6.74. The Kier molecular flexibility index (Phi) is 4.22. The molecule has 0 aliphatic carbocycles. The summed E-state index contributed by atoms with van der Waals surface area (Å²) in [7, 11) is 1.81. The lowest BCUT2D eigenvalue weighted by atomic mass is 10.1. The van der Waals surface area contributed by atoms with E-state index in [0.29, 0.717) is 13.3 Å². The summed E-state index contributed by atoms with van der Waals surface area (Å²) in [5, 5.41) is 21.1. The number of phenolic OH excluding ortho intramolecular Hbond substituents is 2. The molecule has 0 saturated carbocycles. The molecule has 0 radical (unpaired) electrons. The molecule has 0 fully saturated rings. The van der Waals surface area contributed by atoms with Crippen molar-refractivity contribution in [2.75, 3.05) is 20.4 Å². The number of aromatic hydroxyl groups is 2. The molecule has 1 aromatic carbocycles. The maximum Gasteiger partial charge on any atom is 0.157 e. The molecule has 0 spiro atoms. The van der Waals surface area contributed by atoms with Gasteiger partial charge in [-0.25, -0.2) is 0 Å². The Morgan fingerprint density at radius 1 is 1.29 bits per heavy atom. The Hall–Kier alpha value is -1.26. The predicted molar refractivity (Wildman–Crippen MR) is 53.4 cm³/mol. The van der Waals surface area contributed by atoms with Crippen molar-refractivity contribution in [2.24, 2.45) is 0 Å². The molecule has 1 aromatic rings. The molecule has 0 heterocycles. The summed E-state index contributed by atoms with van der Waals surface area (Å²) in [5.41, 5.74) is 0.941. The van der Waals surface area contributed by atoms with Crippen LogP contribution < -0.4 is 5.32 Å². The molecule has 1 rings (SSSR count). The van der Waals surface area contributed by atoms with Crippen molar-refractivity contribution < 1.29 is 14.9 Å². The first-order valence-corrected chi connectivity index (χ1v) is 4.47. The maximum absolute atomic E-state index is 9.20. The van der Waals surface area contributed by atoms with Crippen molar-refractivity contribution in [3.63, 3.8) is 0 Å². The topological polar surface area (TPSA) is 61.7 Å². The summed E-state index contributed by atoms with van der Waals surface area (Å²) in [6, 6.07) is 4.78. The molecule has 0 unspecified atom stereocenters. The van der Waals surface area contributed by atoms with E-state index in [-0.39, 0.29) is 11.5 Å². The summed E-state index contributed by atoms with van der Waals surface area (Å²) < 4.78 is 5.20. The van der Waals surface area contributed by atoms with Crippen molar-refractivity contribution in [3.8, 4) is 11.5 Å². The largest absolute Gasteiger partial charge is 0.504 e. The lowest BCUT2D eigenvalue weighted by molar-refractivity contribution is 0.125. The van der Waals surface area contributed by atoms with Gasteiger partial charge in [-0.1, -0.05) is 6.07 Å². The first kappa shape index (κ1) is 10.8. The third-order valence-corrected chi connectivity index (χ3v) is 1.82. The van der Waals surface area contributed by atoms with E-state index in [9.17, 15) is 5.11 Å². The van der Waals surface area contributed by atoms with Gasteiger partial charge in [0.25, 0.3) is 0 Å². The molecule has 4 nitrogen and oxygen atoms in total. The van der Waals surface area contributed by atoms with Gasteiger partial charge in [-0.05, 0) is 31.2 Å². The average molecular weight is 197 g/mol. The molecule has 78 valence electrons. The third kappa shape index (κ3) is 3.24. The third-order valence-electron chi connectivity index (χ3n) is 1.82. The van der Waals surface area contributed by atoms with E-state index in [4.69, 9.17) is 9.84 Å². The van der Waals surface area contributed by atoms with Crippen LogP contribution in [0.5, 0.6) is 11.5 Å². The fourth-order valence-corrected chi connectivity index (χ4v) is 1.09. The fraction of sp³-hybridized carbons (Fsp3) is 0.400. The van der Waals surface area contributed by atoms with E-state index in [1.54, 1.807) is 6.07 Å². The second kappa shape index (κ2) is 5.47. The Labute approximate surface area is 83.1 Å². The molecule has 0 bridgehead atoms. The lowest BCUT2D eigenvalue weighted by Crippen LogP contribution is -2.13. The standard InChI is InChI=1S/C10H15NO3/c1-11-7-14-5-4-8-2-3-9(12)10(13)6-8/h2-3,6,11-13H,4-5,7H2,1H3. The number of phenols is 2. The van der Waals surface area contributed by atoms with Crippen LogP contribution in [0.3, 0.4) is 0 Å². The summed E-state index contributed by atoms with van der Waals surface area (Å²) in [6.07, 6.45) is 0.718. The van der Waals surface area contributed by atoms with Crippen LogP contribution in [0.15, 0.2) is 18.2 Å². The highest BCUT2D eigenvalue weighted by Crippen LogP contribution is 2.24. The zero-order valence-electron chi connectivity index (χ0n) is 8.16. The minimum Gasteiger partial charge on any atom is -0.504 e. The average Bonchev–Trinajstić information content (AvgIpc) is 2.18. The highest BCUT2D eigenvalue weighted by atomic mass is 16.5. The van der Waals surface area contributed by atoms with E-state index in [0.717, 1.165) is 12.0 Å². The number of rotatable bonds is 5. The van der Waals surface area contributed by atoms with E-state index in [1.165, 1.54) is 12.1 Å². The summed E-state index contributed by atoms with van der Waals surface area (Å²) in [5.74, 6) is -0.180. The van der Waals surface area contributed by atoms with Crippen LogP contribution in [0.2, 0.25) is 0 Å². The van der Waals surface area contributed by atoms with Crippen molar-refractivity contribution >= 4 is 0 Å². The van der Waals surface area contributed by atoms with Gasteiger partial charge < -0.3 is 14.9 Å². The van der Waals surface area contributed by atoms with Gasteiger partial charge in [0.05, 0.1) is 13.3 Å². The molecule has 0 saturated heterocycles. The van der Waals surface area contributed by atoms with E-state index < -0.39 is 0 Å². The minimum atomic E-state index is -0.0927. The van der Waals surface area contributed by atoms with Crippen LogP contribution in [0.25, 0.3) is 0 Å². The van der Waals surface area contributed by atoms with Gasteiger partial charge in [0, 0.05) is 0 Å². The Morgan fingerprint density at radius 3 is 2.71 bits per heavy atom. The van der Waals surface area contributed by atoms with Crippen molar-refractivity contribution in [1.82, 2.24) is 5.32 Å². The first-order valence-electron chi connectivity index (χ1n) is 4.47. The molecule has 0 aromatic heterocycles. The number of ether oxygens (including phenoxy) is 1. The molecule has 0 atom stereocenters. The van der Waals surface area contributed by atoms with Gasteiger partial charge in [0.1, 0.15) is 0 Å². The van der Waals surface area contributed by atoms with Gasteiger partial charge in [-0.2, -0.15) is 0 Å². The molecular weight excluding hydrogens is 182 g/mol. The van der Waals surface area contributed by atoms with Crippen LogP contribution in [-0.2, 0) is 11.2 Å². The van der Waals surface area contributed by atoms with Crippen molar-refractivity contribution in [2.45, 2.75) is 6.42 Å². The minimum absolute atomic E-state index is 0.0869. The van der Waals surface area contributed by atoms with Crippen LogP contribution in [0.1, 0.15) is 5.56 Å². The molecule has 4 heteroatoms. The zero-order chi connectivity index (χ0) is 10.4. The molecular formula is C10H15NO3. The van der Waals surface area contributed by atoms with E-state index in [2.05, 4.69) is 5.32 Å². The molecule has 0 aliphatic heterocycles. The molecule has 0 amide bonds. The van der Waals surface area contributed by atoms with E-state index in [1.807, 2.05) is 7.05 Å². The normalized spacial score (nSPS) is 10.4. The van der Waals surface area contributed by atoms with Gasteiger partial charge >= 0.3 is 0 Å². The highest BCUT2D eigenvalue weighted by molar-refractivity contribution is 5.40. The van der Waals surface area contributed by atoms with Crippen molar-refractivity contribution in [1.29, 1.82) is 0 Å². The number of hydrogen-bond acceptors (Lipinski definition) is 4. The fourth-order valence-electron chi connectivity index (χ4n) is 1.09. The monoisotopic (exact) mass is 197 g/mol. The van der Waals surface area contributed by atoms with E-state index >= 15 is 0 Å². The lowest BCUT2D eigenvalue weighted by Gasteiger charge is -2.04. The number of benzene rings is 1. The van der Waals surface area contributed by atoms with Gasteiger partial charge in [-0.15, -0.1) is 0 Å². The Bertz CT molecular complexity index is 289. The smallest absolute Gasteiger partial charge is 0.157 e. The molecule has 3 N–H and O–H groups in total. The number of hydrogen-bond donors (Lipinski definition) is 3. The highest BCUT2D eigenvalue weighted by Gasteiger charge is 2.00. The maximum atomic E-state index is 9.20. The molecule has 0 aliphatic rings. The van der Waals surface area contributed by atoms with Gasteiger partial charge in [0.2, 0.25) is 0 Å². The quantitative estimate of drug-likeness (QED) is 0.372. The zero-order valence-corrected chi connectivity index (χ0v) is 8.16. The number of nitrogens with one attached hydrogen (secondary N) is 1. The van der Waals surface area contributed by atoms with Crippen LogP contribution in [0.4, 0.5) is 0 Å². The second-order valence-electron chi connectivity index (χ2n) is 2.98. The van der Waals surface area contributed by atoms with Gasteiger partial charge in [0.15, 0.2) is 11.5 Å². The van der Waals surface area contributed by atoms with Crippen LogP contribution in [0, 0.1) is 0 Å². The van der Waals surface area contributed by atoms with Gasteiger partial charge in [-0.3, -0.25) is 5.32 Å². The Balaban J connectivity index is 2.39. The second-order valence-corrected chi connectivity index (χ2v) is 2.98. The van der Waals surface area contributed by atoms with Crippen LogP contribution >= 0.6 is 0 Å². The van der Waals surface area contributed by atoms with Crippen LogP contribution in [-0.4, -0.2) is 30.6 Å². The summed E-state index contributed by atoms with van der Waals surface area (Å²) >= 11 is 0. The van der Waals surface area contributed by atoms with Crippen molar-refractivity contribution in [3.05, 3.63) is 23.8 Å². The Morgan fingerprint density at radius 2 is 2.07 bits per heavy atom. The summed E-state index contributed by atoms with van der Waals surface area (Å²) in [4.78, 5) is 0. The molecule has 14 heavy (non-hydrogen) atoms. The predicted octanol–water partition coefficient (Wildman–Crippen LogP) is 0.834. The summed E-state index contributed by atoms with van der Waals surface area (Å²) in [6.45, 7) is 1.11. The SMILES string of the molecule is CNCOCCc1ccc(O)c(O)c1.